The number of aromatic nitrogens is 2. The smallest absolute Gasteiger partial charge is 0.353 e. The molecule has 3 rings (SSSR count). The summed E-state index contributed by atoms with van der Waals surface area (Å²) in [6.07, 6.45) is -4.46. The molecule has 0 aliphatic carbocycles. The van der Waals surface area contributed by atoms with Crippen LogP contribution in [0.3, 0.4) is 0 Å². The Hall–Kier alpha value is -1.86. The second-order valence-corrected chi connectivity index (χ2v) is 6.40. The first-order chi connectivity index (χ1) is 11.9. The fraction of sp³-hybridized carbons (Fsp3) is 0.412. The van der Waals surface area contributed by atoms with Crippen LogP contribution in [0.2, 0.25) is 5.02 Å². The number of alkyl halides is 3. The molecule has 134 valence electrons. The summed E-state index contributed by atoms with van der Waals surface area (Å²) >= 11 is 6.27. The molecule has 0 radical (unpaired) electrons. The highest BCUT2D eigenvalue weighted by atomic mass is 35.5. The van der Waals surface area contributed by atoms with E-state index in [-0.39, 0.29) is 6.04 Å². The lowest BCUT2D eigenvalue weighted by Crippen LogP contribution is -2.47. The number of hydrogen-bond donors (Lipinski definition) is 0. The molecular weight excluding hydrogens is 353 g/mol. The molecule has 0 N–H and O–H groups in total. The number of rotatable bonds is 3. The molecule has 8 heteroatoms. The molecule has 0 amide bonds. The fourth-order valence-electron chi connectivity index (χ4n) is 2.99. The van der Waals surface area contributed by atoms with Crippen LogP contribution in [0.25, 0.3) is 0 Å². The minimum atomic E-state index is -4.46. The zero-order chi connectivity index (χ0) is 18.0. The van der Waals surface area contributed by atoms with Crippen LogP contribution in [0.4, 0.5) is 19.0 Å². The average Bonchev–Trinajstić information content (AvgIpc) is 2.61. The number of halogens is 4. The maximum Gasteiger partial charge on any atom is 0.435 e. The first-order valence-corrected chi connectivity index (χ1v) is 8.38. The Morgan fingerprint density at radius 3 is 2.24 bits per heavy atom. The summed E-state index contributed by atoms with van der Waals surface area (Å²) in [6.45, 7) is 5.00. The Kier molecular flexibility index (Phi) is 5.15. The van der Waals surface area contributed by atoms with Crippen LogP contribution in [0, 0.1) is 0 Å². The normalized spacial score (nSPS) is 17.6. The van der Waals surface area contributed by atoms with Gasteiger partial charge in [0.1, 0.15) is 0 Å². The Balaban J connectivity index is 1.63. The van der Waals surface area contributed by atoms with Gasteiger partial charge in [-0.25, -0.2) is 0 Å². The molecule has 1 aromatic carbocycles. The van der Waals surface area contributed by atoms with Crippen molar-refractivity contribution in [1.29, 1.82) is 0 Å². The van der Waals surface area contributed by atoms with Gasteiger partial charge >= 0.3 is 6.18 Å². The molecule has 2 aromatic rings. The van der Waals surface area contributed by atoms with Crippen molar-refractivity contribution in [2.75, 3.05) is 31.1 Å². The predicted octanol–water partition coefficient (Wildman–Crippen LogP) is 4.03. The molecule has 0 spiro atoms. The van der Waals surface area contributed by atoms with Gasteiger partial charge in [-0.15, -0.1) is 10.2 Å². The maximum atomic E-state index is 12.6. The summed E-state index contributed by atoms with van der Waals surface area (Å²) in [7, 11) is 0. The van der Waals surface area contributed by atoms with Crippen LogP contribution in [0.5, 0.6) is 0 Å². The van der Waals surface area contributed by atoms with Crippen molar-refractivity contribution in [1.82, 2.24) is 15.1 Å². The first kappa shape index (κ1) is 17.9. The lowest BCUT2D eigenvalue weighted by molar-refractivity contribution is -0.141. The van der Waals surface area contributed by atoms with Crippen molar-refractivity contribution >= 4 is 17.4 Å². The van der Waals surface area contributed by atoms with Gasteiger partial charge in [-0.05, 0) is 30.7 Å². The average molecular weight is 371 g/mol. The number of nitrogens with zero attached hydrogens (tertiary/aromatic N) is 4. The van der Waals surface area contributed by atoms with Gasteiger partial charge in [0.05, 0.1) is 0 Å². The summed E-state index contributed by atoms with van der Waals surface area (Å²) < 4.78 is 37.7. The molecule has 0 saturated carbocycles. The molecule has 1 unspecified atom stereocenters. The third-order valence-corrected chi connectivity index (χ3v) is 4.83. The summed E-state index contributed by atoms with van der Waals surface area (Å²) in [4.78, 5) is 4.25. The molecule has 1 atom stereocenters. The van der Waals surface area contributed by atoms with E-state index in [1.54, 1.807) is 0 Å². The third kappa shape index (κ3) is 4.04. The van der Waals surface area contributed by atoms with Gasteiger partial charge in [0.25, 0.3) is 0 Å². The zero-order valence-electron chi connectivity index (χ0n) is 13.7. The third-order valence-electron chi connectivity index (χ3n) is 4.48. The van der Waals surface area contributed by atoms with E-state index < -0.39 is 11.9 Å². The molecule has 4 nitrogen and oxygen atoms in total. The Morgan fingerprint density at radius 2 is 1.68 bits per heavy atom. The van der Waals surface area contributed by atoms with Gasteiger partial charge in [-0.1, -0.05) is 29.8 Å². The standard InChI is InChI=1S/C17H18ClF3N4/c1-12(13-4-2-3-5-14(13)18)24-8-10-25(11-9-24)16-7-6-15(22-23-16)17(19,20)21/h2-7,12H,8-11H2,1H3. The molecular formula is C17H18ClF3N4. The van der Waals surface area contributed by atoms with Crippen LogP contribution >= 0.6 is 11.6 Å². The number of hydrogen-bond acceptors (Lipinski definition) is 4. The highest BCUT2D eigenvalue weighted by Gasteiger charge is 2.33. The van der Waals surface area contributed by atoms with Crippen LogP contribution in [0.1, 0.15) is 24.2 Å². The zero-order valence-corrected chi connectivity index (χ0v) is 14.4. The van der Waals surface area contributed by atoms with Crippen molar-refractivity contribution in [3.05, 3.63) is 52.7 Å². The quantitative estimate of drug-likeness (QED) is 0.816. The van der Waals surface area contributed by atoms with Gasteiger partial charge < -0.3 is 4.90 Å². The molecule has 1 saturated heterocycles. The fourth-order valence-corrected chi connectivity index (χ4v) is 3.29. The topological polar surface area (TPSA) is 32.3 Å². The van der Waals surface area contributed by atoms with E-state index in [0.717, 1.165) is 29.7 Å². The number of anilines is 1. The Bertz CT molecular complexity index is 713. The Morgan fingerprint density at radius 1 is 1.00 bits per heavy atom. The van der Waals surface area contributed by atoms with Crippen LogP contribution in [-0.2, 0) is 6.18 Å². The van der Waals surface area contributed by atoms with Crippen LogP contribution in [-0.4, -0.2) is 41.3 Å². The molecule has 1 aromatic heterocycles. The van der Waals surface area contributed by atoms with E-state index in [0.29, 0.717) is 18.9 Å². The minimum absolute atomic E-state index is 0.175. The summed E-state index contributed by atoms with van der Waals surface area (Å²) in [5, 5.41) is 7.76. The largest absolute Gasteiger partial charge is 0.435 e. The van der Waals surface area contributed by atoms with E-state index in [4.69, 9.17) is 11.6 Å². The monoisotopic (exact) mass is 370 g/mol. The Labute approximate surface area is 149 Å². The van der Waals surface area contributed by atoms with Crippen molar-refractivity contribution in [3.63, 3.8) is 0 Å². The van der Waals surface area contributed by atoms with Crippen molar-refractivity contribution < 1.29 is 13.2 Å². The van der Waals surface area contributed by atoms with Crippen LogP contribution < -0.4 is 4.90 Å². The van der Waals surface area contributed by atoms with Crippen molar-refractivity contribution in [2.45, 2.75) is 19.1 Å². The predicted molar refractivity (Wildman–Crippen MR) is 90.7 cm³/mol. The molecule has 25 heavy (non-hydrogen) atoms. The van der Waals surface area contributed by atoms with E-state index in [1.165, 1.54) is 6.07 Å². The summed E-state index contributed by atoms with van der Waals surface area (Å²) in [5.74, 6) is 0.470. The van der Waals surface area contributed by atoms with E-state index in [9.17, 15) is 13.2 Å². The van der Waals surface area contributed by atoms with Crippen molar-refractivity contribution in [2.24, 2.45) is 0 Å². The number of benzene rings is 1. The lowest BCUT2D eigenvalue weighted by Gasteiger charge is -2.38. The van der Waals surface area contributed by atoms with Crippen molar-refractivity contribution in [3.8, 4) is 0 Å². The highest BCUT2D eigenvalue weighted by molar-refractivity contribution is 6.31. The lowest BCUT2D eigenvalue weighted by atomic mass is 10.1. The first-order valence-electron chi connectivity index (χ1n) is 8.00. The van der Waals surface area contributed by atoms with Gasteiger partial charge in [0.2, 0.25) is 0 Å². The second-order valence-electron chi connectivity index (χ2n) is 6.00. The van der Waals surface area contributed by atoms with E-state index in [1.807, 2.05) is 29.2 Å². The minimum Gasteiger partial charge on any atom is -0.353 e. The molecule has 1 aliphatic heterocycles. The van der Waals surface area contributed by atoms with Gasteiger partial charge in [-0.2, -0.15) is 13.2 Å². The molecule has 0 bridgehead atoms. The summed E-state index contributed by atoms with van der Waals surface area (Å²) in [6, 6.07) is 10.3. The molecule has 1 aliphatic rings. The number of piperazine rings is 1. The SMILES string of the molecule is CC(c1ccccc1Cl)N1CCN(c2ccc(C(F)(F)F)nn2)CC1. The molecule has 1 fully saturated rings. The summed E-state index contributed by atoms with van der Waals surface area (Å²) in [5.41, 5.74) is 0.106. The second kappa shape index (κ2) is 7.17. The van der Waals surface area contributed by atoms with Gasteiger partial charge in [0, 0.05) is 37.2 Å². The highest BCUT2D eigenvalue weighted by Crippen LogP contribution is 2.29. The van der Waals surface area contributed by atoms with E-state index in [2.05, 4.69) is 22.0 Å². The van der Waals surface area contributed by atoms with E-state index >= 15 is 0 Å². The maximum absolute atomic E-state index is 12.6. The van der Waals surface area contributed by atoms with Crippen LogP contribution in [0.15, 0.2) is 36.4 Å². The van der Waals surface area contributed by atoms with Gasteiger partial charge in [0.15, 0.2) is 11.5 Å². The molecule has 2 heterocycles. The van der Waals surface area contributed by atoms with Gasteiger partial charge in [-0.3, -0.25) is 4.90 Å².